The molecule has 0 saturated heterocycles. The van der Waals surface area contributed by atoms with Crippen molar-refractivity contribution >= 4 is 21.4 Å². The van der Waals surface area contributed by atoms with Gasteiger partial charge in [-0.25, -0.2) is 12.8 Å². The predicted molar refractivity (Wildman–Crippen MR) is 77.5 cm³/mol. The maximum Gasteiger partial charge on any atom is 0.264 e. The van der Waals surface area contributed by atoms with E-state index in [4.69, 9.17) is 5.73 Å². The molecule has 0 aromatic heterocycles. The van der Waals surface area contributed by atoms with Crippen molar-refractivity contribution in [3.63, 3.8) is 0 Å². The molecule has 20 heavy (non-hydrogen) atoms. The zero-order valence-electron chi connectivity index (χ0n) is 11.1. The first-order chi connectivity index (χ1) is 9.31. The van der Waals surface area contributed by atoms with Crippen molar-refractivity contribution in [2.24, 2.45) is 0 Å². The van der Waals surface area contributed by atoms with Gasteiger partial charge < -0.3 is 5.73 Å². The molecule has 0 bridgehead atoms. The van der Waals surface area contributed by atoms with Gasteiger partial charge >= 0.3 is 0 Å². The normalized spacial score (nSPS) is 11.3. The summed E-state index contributed by atoms with van der Waals surface area (Å²) in [5, 5.41) is 0. The predicted octanol–water partition coefficient (Wildman–Crippen LogP) is 2.83. The molecule has 4 nitrogen and oxygen atoms in total. The van der Waals surface area contributed by atoms with Crippen LogP contribution in [0.25, 0.3) is 0 Å². The first kappa shape index (κ1) is 14.3. The Bertz CT molecular complexity index is 738. The molecule has 0 atom stereocenters. The Labute approximate surface area is 117 Å². The molecule has 2 aromatic rings. The number of nitrogen functional groups attached to an aromatic ring is 1. The van der Waals surface area contributed by atoms with Gasteiger partial charge in [0.25, 0.3) is 10.0 Å². The highest BCUT2D eigenvalue weighted by Gasteiger charge is 2.20. The van der Waals surface area contributed by atoms with E-state index in [0.29, 0.717) is 11.1 Å². The molecule has 0 heterocycles. The number of anilines is 2. The zero-order chi connectivity index (χ0) is 14.9. The SMILES string of the molecule is Cc1ccc(NS(=O)(=O)c2c(C)cccc2N)cc1F. The zero-order valence-corrected chi connectivity index (χ0v) is 12.0. The second kappa shape index (κ2) is 5.13. The van der Waals surface area contributed by atoms with Crippen molar-refractivity contribution in [1.29, 1.82) is 0 Å². The fourth-order valence-corrected chi connectivity index (χ4v) is 3.31. The van der Waals surface area contributed by atoms with Crippen LogP contribution >= 0.6 is 0 Å². The van der Waals surface area contributed by atoms with Crippen molar-refractivity contribution in [1.82, 2.24) is 0 Å². The van der Waals surface area contributed by atoms with Crippen LogP contribution in [0.15, 0.2) is 41.3 Å². The quantitative estimate of drug-likeness (QED) is 0.855. The Morgan fingerprint density at radius 2 is 1.80 bits per heavy atom. The van der Waals surface area contributed by atoms with Gasteiger partial charge in [0, 0.05) is 0 Å². The minimum atomic E-state index is -3.85. The Balaban J connectivity index is 2.43. The maximum absolute atomic E-state index is 13.5. The third-order valence-corrected chi connectivity index (χ3v) is 4.53. The van der Waals surface area contributed by atoms with Crippen LogP contribution in [0.1, 0.15) is 11.1 Å². The highest BCUT2D eigenvalue weighted by molar-refractivity contribution is 7.93. The number of halogens is 1. The lowest BCUT2D eigenvalue weighted by atomic mass is 10.2. The van der Waals surface area contributed by atoms with Crippen LogP contribution in [-0.2, 0) is 10.0 Å². The Morgan fingerprint density at radius 1 is 1.10 bits per heavy atom. The minimum absolute atomic E-state index is 0.0148. The van der Waals surface area contributed by atoms with Crippen molar-refractivity contribution in [2.45, 2.75) is 18.7 Å². The second-order valence-electron chi connectivity index (χ2n) is 4.56. The number of aryl methyl sites for hydroxylation is 2. The summed E-state index contributed by atoms with van der Waals surface area (Å²) in [4.78, 5) is 0.0148. The Morgan fingerprint density at radius 3 is 2.40 bits per heavy atom. The van der Waals surface area contributed by atoms with E-state index in [-0.39, 0.29) is 16.3 Å². The summed E-state index contributed by atoms with van der Waals surface area (Å²) >= 11 is 0. The smallest absolute Gasteiger partial charge is 0.264 e. The molecule has 3 N–H and O–H groups in total. The molecule has 0 amide bonds. The highest BCUT2D eigenvalue weighted by Crippen LogP contribution is 2.25. The van der Waals surface area contributed by atoms with Gasteiger partial charge in [0.05, 0.1) is 11.4 Å². The molecular weight excluding hydrogens is 279 g/mol. The molecule has 2 aromatic carbocycles. The van der Waals surface area contributed by atoms with Gasteiger partial charge in [0.1, 0.15) is 10.7 Å². The minimum Gasteiger partial charge on any atom is -0.398 e. The number of hydrogen-bond acceptors (Lipinski definition) is 3. The highest BCUT2D eigenvalue weighted by atomic mass is 32.2. The van der Waals surface area contributed by atoms with Crippen LogP contribution in [0.5, 0.6) is 0 Å². The fourth-order valence-electron chi connectivity index (χ4n) is 1.90. The first-order valence-electron chi connectivity index (χ1n) is 5.95. The number of benzene rings is 2. The lowest BCUT2D eigenvalue weighted by Gasteiger charge is -2.12. The summed E-state index contributed by atoms with van der Waals surface area (Å²) in [5.41, 5.74) is 7.02. The average Bonchev–Trinajstić information content (AvgIpc) is 2.33. The molecule has 106 valence electrons. The van der Waals surface area contributed by atoms with Gasteiger partial charge in [0.15, 0.2) is 0 Å². The molecule has 6 heteroatoms. The molecule has 0 saturated carbocycles. The maximum atomic E-state index is 13.5. The van der Waals surface area contributed by atoms with Gasteiger partial charge in [0.2, 0.25) is 0 Å². The summed E-state index contributed by atoms with van der Waals surface area (Å²) in [6.07, 6.45) is 0. The van der Waals surface area contributed by atoms with Crippen LogP contribution in [-0.4, -0.2) is 8.42 Å². The summed E-state index contributed by atoms with van der Waals surface area (Å²) in [6, 6.07) is 8.99. The van der Waals surface area contributed by atoms with Crippen LogP contribution in [0, 0.1) is 19.7 Å². The molecule has 0 fully saturated rings. The van der Waals surface area contributed by atoms with E-state index in [9.17, 15) is 12.8 Å². The van der Waals surface area contributed by atoms with Gasteiger partial charge in [-0.15, -0.1) is 0 Å². The summed E-state index contributed by atoms with van der Waals surface area (Å²) in [5.74, 6) is -0.469. The van der Waals surface area contributed by atoms with E-state index in [1.807, 2.05) is 0 Å². The summed E-state index contributed by atoms with van der Waals surface area (Å²) in [6.45, 7) is 3.26. The molecule has 0 aliphatic rings. The number of sulfonamides is 1. The average molecular weight is 294 g/mol. The van der Waals surface area contributed by atoms with E-state index in [2.05, 4.69) is 4.72 Å². The molecular formula is C14H15FN2O2S. The van der Waals surface area contributed by atoms with E-state index in [1.54, 1.807) is 26.0 Å². The molecule has 0 aliphatic heterocycles. The van der Waals surface area contributed by atoms with E-state index >= 15 is 0 Å². The number of nitrogens with one attached hydrogen (secondary N) is 1. The number of hydrogen-bond donors (Lipinski definition) is 2. The monoisotopic (exact) mass is 294 g/mol. The van der Waals surface area contributed by atoms with Crippen LogP contribution < -0.4 is 10.5 Å². The van der Waals surface area contributed by atoms with Crippen molar-refractivity contribution < 1.29 is 12.8 Å². The van der Waals surface area contributed by atoms with E-state index in [0.717, 1.165) is 6.07 Å². The first-order valence-corrected chi connectivity index (χ1v) is 7.43. The number of rotatable bonds is 3. The van der Waals surface area contributed by atoms with Gasteiger partial charge in [-0.3, -0.25) is 4.72 Å². The second-order valence-corrected chi connectivity index (χ2v) is 6.18. The lowest BCUT2D eigenvalue weighted by molar-refractivity contribution is 0.600. The van der Waals surface area contributed by atoms with Gasteiger partial charge in [-0.1, -0.05) is 18.2 Å². The molecule has 0 aliphatic carbocycles. The van der Waals surface area contributed by atoms with Crippen LogP contribution in [0.3, 0.4) is 0 Å². The topological polar surface area (TPSA) is 72.2 Å². The summed E-state index contributed by atoms with van der Waals surface area (Å²) in [7, 11) is -3.85. The van der Waals surface area contributed by atoms with Crippen molar-refractivity contribution in [3.8, 4) is 0 Å². The van der Waals surface area contributed by atoms with E-state index < -0.39 is 15.8 Å². The van der Waals surface area contributed by atoms with Crippen LogP contribution in [0.2, 0.25) is 0 Å². The largest absolute Gasteiger partial charge is 0.398 e. The molecule has 0 unspecified atom stereocenters. The van der Waals surface area contributed by atoms with E-state index in [1.165, 1.54) is 18.2 Å². The lowest BCUT2D eigenvalue weighted by Crippen LogP contribution is -2.16. The van der Waals surface area contributed by atoms with Gasteiger partial charge in [-0.05, 0) is 43.2 Å². The van der Waals surface area contributed by atoms with Crippen LogP contribution in [0.4, 0.5) is 15.8 Å². The third-order valence-electron chi connectivity index (χ3n) is 2.94. The standard InChI is InChI=1S/C14H15FN2O2S/c1-9-6-7-11(8-12(9)15)17-20(18,19)14-10(2)4-3-5-13(14)16/h3-8,17H,16H2,1-2H3. The Hall–Kier alpha value is -2.08. The third kappa shape index (κ3) is 2.75. The Kier molecular flexibility index (Phi) is 3.67. The summed E-state index contributed by atoms with van der Waals surface area (Å²) < 4.78 is 40.4. The van der Waals surface area contributed by atoms with Crippen molar-refractivity contribution in [2.75, 3.05) is 10.5 Å². The molecule has 2 rings (SSSR count). The number of nitrogens with two attached hydrogens (primary N) is 1. The fraction of sp³-hybridized carbons (Fsp3) is 0.143. The van der Waals surface area contributed by atoms with Gasteiger partial charge in [-0.2, -0.15) is 0 Å². The van der Waals surface area contributed by atoms with Crippen molar-refractivity contribution in [3.05, 3.63) is 53.3 Å². The molecule has 0 spiro atoms. The molecule has 0 radical (unpaired) electrons.